The van der Waals surface area contributed by atoms with Gasteiger partial charge in [-0.25, -0.2) is 4.98 Å². The molecular formula is C14H13ClF3N3O3. The predicted molar refractivity (Wildman–Crippen MR) is 78.7 cm³/mol. The molecule has 0 spiro atoms. The summed E-state index contributed by atoms with van der Waals surface area (Å²) in [7, 11) is 0. The Kier molecular flexibility index (Phi) is 5.68. The first-order valence-corrected chi connectivity index (χ1v) is 7.10. The number of furan rings is 1. The second kappa shape index (κ2) is 7.54. The smallest absolute Gasteiger partial charge is 0.417 e. The van der Waals surface area contributed by atoms with Gasteiger partial charge >= 0.3 is 6.18 Å². The Morgan fingerprint density at radius 1 is 1.42 bits per heavy atom. The Morgan fingerprint density at radius 3 is 2.75 bits per heavy atom. The maximum Gasteiger partial charge on any atom is 0.417 e. The van der Waals surface area contributed by atoms with Crippen molar-refractivity contribution in [3.63, 3.8) is 0 Å². The van der Waals surface area contributed by atoms with Crippen LogP contribution in [0.5, 0.6) is 5.88 Å². The second-order valence-corrected chi connectivity index (χ2v) is 5.03. The van der Waals surface area contributed by atoms with E-state index in [4.69, 9.17) is 26.5 Å². The number of ether oxygens (including phenoxy) is 1. The number of hydrogen-bond acceptors (Lipinski definition) is 5. The number of alkyl halides is 3. The number of carbonyl (C=O) groups excluding carboxylic acids is 1. The van der Waals surface area contributed by atoms with Gasteiger partial charge in [-0.3, -0.25) is 4.79 Å². The molecule has 2 heterocycles. The maximum absolute atomic E-state index is 12.5. The molecular weight excluding hydrogens is 351 g/mol. The van der Waals surface area contributed by atoms with Crippen molar-refractivity contribution < 1.29 is 27.1 Å². The van der Waals surface area contributed by atoms with E-state index in [1.54, 1.807) is 0 Å². The van der Waals surface area contributed by atoms with Crippen molar-refractivity contribution in [1.82, 2.24) is 10.3 Å². The van der Waals surface area contributed by atoms with Gasteiger partial charge in [0.15, 0.2) is 0 Å². The van der Waals surface area contributed by atoms with Gasteiger partial charge in [-0.05, 0) is 12.1 Å². The van der Waals surface area contributed by atoms with E-state index in [1.165, 1.54) is 12.3 Å². The van der Waals surface area contributed by atoms with E-state index in [0.29, 0.717) is 17.5 Å². The molecule has 0 fully saturated rings. The molecule has 3 N–H and O–H groups in total. The molecule has 0 aliphatic carbocycles. The third-order valence-corrected chi connectivity index (χ3v) is 3.15. The summed E-state index contributed by atoms with van der Waals surface area (Å²) >= 11 is 5.69. The number of aromatic nitrogens is 1. The van der Waals surface area contributed by atoms with Crippen molar-refractivity contribution in [1.29, 1.82) is 0 Å². The van der Waals surface area contributed by atoms with Crippen LogP contribution in [0, 0.1) is 0 Å². The van der Waals surface area contributed by atoms with Gasteiger partial charge in [-0.1, -0.05) is 11.6 Å². The number of halogens is 4. The molecule has 0 aliphatic heterocycles. The van der Waals surface area contributed by atoms with Crippen LogP contribution in [0.15, 0.2) is 29.0 Å². The summed E-state index contributed by atoms with van der Waals surface area (Å²) in [6, 6.07) is 2.23. The second-order valence-electron chi connectivity index (χ2n) is 4.62. The fourth-order valence-electron chi connectivity index (χ4n) is 1.71. The van der Waals surface area contributed by atoms with Crippen LogP contribution < -0.4 is 15.8 Å². The Hall–Kier alpha value is -2.26. The molecule has 2 aromatic rings. The molecule has 2 rings (SSSR count). The van der Waals surface area contributed by atoms with Gasteiger partial charge in [-0.2, -0.15) is 13.2 Å². The quantitative estimate of drug-likeness (QED) is 0.770. The van der Waals surface area contributed by atoms with E-state index in [9.17, 15) is 18.0 Å². The summed E-state index contributed by atoms with van der Waals surface area (Å²) in [5.74, 6) is -0.0710. The fourth-order valence-corrected chi connectivity index (χ4v) is 1.93. The lowest BCUT2D eigenvalue weighted by Crippen LogP contribution is -2.27. The van der Waals surface area contributed by atoms with E-state index in [1.807, 2.05) is 0 Å². The fraction of sp³-hybridized carbons (Fsp3) is 0.286. The Bertz CT molecular complexity index is 719. The van der Waals surface area contributed by atoms with Crippen molar-refractivity contribution in [3.8, 4) is 5.88 Å². The minimum atomic E-state index is -4.53. The SMILES string of the molecule is NCc1cc(C(=O)NCCOc2ncc(C(F)(F)F)cc2Cl)co1. The molecule has 6 nitrogen and oxygen atoms in total. The molecule has 0 aliphatic rings. The van der Waals surface area contributed by atoms with Crippen LogP contribution in [0.25, 0.3) is 0 Å². The topological polar surface area (TPSA) is 90.4 Å². The number of nitrogens with one attached hydrogen (secondary N) is 1. The molecule has 2 aromatic heterocycles. The number of hydrogen-bond donors (Lipinski definition) is 2. The first-order chi connectivity index (χ1) is 11.3. The molecule has 1 amide bonds. The van der Waals surface area contributed by atoms with E-state index in [2.05, 4.69) is 10.3 Å². The van der Waals surface area contributed by atoms with Crippen LogP contribution in [-0.2, 0) is 12.7 Å². The van der Waals surface area contributed by atoms with Crippen LogP contribution in [0.2, 0.25) is 5.02 Å². The average molecular weight is 364 g/mol. The lowest BCUT2D eigenvalue weighted by Gasteiger charge is -2.10. The number of pyridine rings is 1. The lowest BCUT2D eigenvalue weighted by molar-refractivity contribution is -0.137. The van der Waals surface area contributed by atoms with Crippen LogP contribution in [0.3, 0.4) is 0 Å². The molecule has 10 heteroatoms. The summed E-state index contributed by atoms with van der Waals surface area (Å²) < 4.78 is 47.6. The molecule has 0 unspecified atom stereocenters. The number of carbonyl (C=O) groups is 1. The molecule has 0 saturated carbocycles. The molecule has 24 heavy (non-hydrogen) atoms. The van der Waals surface area contributed by atoms with Gasteiger partial charge in [-0.15, -0.1) is 0 Å². The van der Waals surface area contributed by atoms with E-state index in [0.717, 1.165) is 6.07 Å². The molecule has 130 valence electrons. The molecule has 0 bridgehead atoms. The minimum Gasteiger partial charge on any atom is -0.475 e. The zero-order chi connectivity index (χ0) is 17.7. The number of rotatable bonds is 6. The van der Waals surface area contributed by atoms with E-state index >= 15 is 0 Å². The van der Waals surface area contributed by atoms with Gasteiger partial charge in [0.05, 0.1) is 24.2 Å². The van der Waals surface area contributed by atoms with E-state index in [-0.39, 0.29) is 30.6 Å². The summed E-state index contributed by atoms with van der Waals surface area (Å²) in [5.41, 5.74) is 4.70. The first-order valence-electron chi connectivity index (χ1n) is 6.72. The van der Waals surface area contributed by atoms with Crippen LogP contribution in [0.1, 0.15) is 21.7 Å². The maximum atomic E-state index is 12.5. The van der Waals surface area contributed by atoms with Gasteiger partial charge in [0, 0.05) is 6.20 Å². The third kappa shape index (κ3) is 4.62. The average Bonchev–Trinajstić information content (AvgIpc) is 3.00. The highest BCUT2D eigenvalue weighted by Crippen LogP contribution is 2.32. The Morgan fingerprint density at radius 2 is 2.17 bits per heavy atom. The van der Waals surface area contributed by atoms with Crippen molar-refractivity contribution in [3.05, 3.63) is 46.5 Å². The number of nitrogens with zero attached hydrogens (tertiary/aromatic N) is 1. The zero-order valence-corrected chi connectivity index (χ0v) is 12.9. The van der Waals surface area contributed by atoms with Crippen molar-refractivity contribution in [2.45, 2.75) is 12.7 Å². The lowest BCUT2D eigenvalue weighted by atomic mass is 10.3. The van der Waals surface area contributed by atoms with Crippen molar-refractivity contribution in [2.24, 2.45) is 5.73 Å². The van der Waals surface area contributed by atoms with Gasteiger partial charge < -0.3 is 20.2 Å². The number of amides is 1. The third-order valence-electron chi connectivity index (χ3n) is 2.88. The normalized spacial score (nSPS) is 11.4. The molecule has 0 atom stereocenters. The summed E-state index contributed by atoms with van der Waals surface area (Å²) in [6.07, 6.45) is -2.64. The molecule has 0 aromatic carbocycles. The highest BCUT2D eigenvalue weighted by atomic mass is 35.5. The Balaban J connectivity index is 1.83. The summed E-state index contributed by atoms with van der Waals surface area (Å²) in [6.45, 7) is 0.251. The standard InChI is InChI=1S/C14H13ClF3N3O3/c15-11-4-9(14(16,17)18)6-21-13(11)23-2-1-20-12(22)8-3-10(5-19)24-7-8/h3-4,6-7H,1-2,5,19H2,(H,20,22). The van der Waals surface area contributed by atoms with Gasteiger partial charge in [0.25, 0.3) is 5.91 Å². The largest absolute Gasteiger partial charge is 0.475 e. The first kappa shape index (κ1) is 18.1. The van der Waals surface area contributed by atoms with Gasteiger partial charge in [0.1, 0.15) is 23.7 Å². The predicted octanol–water partition coefficient (Wildman–Crippen LogP) is 2.61. The van der Waals surface area contributed by atoms with Crippen LogP contribution in [-0.4, -0.2) is 24.0 Å². The molecule has 0 radical (unpaired) electrons. The van der Waals surface area contributed by atoms with Crippen LogP contribution in [0.4, 0.5) is 13.2 Å². The minimum absolute atomic E-state index is 0.0224. The Labute approximate surface area is 139 Å². The monoisotopic (exact) mass is 363 g/mol. The van der Waals surface area contributed by atoms with Crippen LogP contribution >= 0.6 is 11.6 Å². The summed E-state index contributed by atoms with van der Waals surface area (Å²) in [4.78, 5) is 15.3. The van der Waals surface area contributed by atoms with Gasteiger partial charge in [0.2, 0.25) is 5.88 Å². The zero-order valence-electron chi connectivity index (χ0n) is 12.2. The van der Waals surface area contributed by atoms with Crippen molar-refractivity contribution >= 4 is 17.5 Å². The number of nitrogens with two attached hydrogens (primary N) is 1. The highest BCUT2D eigenvalue weighted by Gasteiger charge is 2.31. The highest BCUT2D eigenvalue weighted by molar-refractivity contribution is 6.31. The summed E-state index contributed by atoms with van der Waals surface area (Å²) in [5, 5.41) is 2.28. The van der Waals surface area contributed by atoms with E-state index < -0.39 is 17.6 Å². The molecule has 0 saturated heterocycles. The van der Waals surface area contributed by atoms with Crippen molar-refractivity contribution in [2.75, 3.05) is 13.2 Å².